The van der Waals surface area contributed by atoms with Crippen molar-refractivity contribution in [1.82, 2.24) is 10.6 Å². The highest BCUT2D eigenvalue weighted by Crippen LogP contribution is 2.15. The molecule has 1 rings (SSSR count). The highest BCUT2D eigenvalue weighted by molar-refractivity contribution is 6.35. The van der Waals surface area contributed by atoms with Crippen LogP contribution in [0.15, 0.2) is 16.5 Å². The number of aliphatic hydroxyl groups excluding tert-OH is 1. The second-order valence-corrected chi connectivity index (χ2v) is 3.97. The minimum Gasteiger partial charge on any atom is -0.464 e. The van der Waals surface area contributed by atoms with E-state index in [2.05, 4.69) is 0 Å². The van der Waals surface area contributed by atoms with Crippen LogP contribution in [0.5, 0.6) is 0 Å². The highest BCUT2D eigenvalue weighted by atomic mass is 19.4. The maximum atomic E-state index is 11.8. The van der Waals surface area contributed by atoms with Gasteiger partial charge in [-0.1, -0.05) is 0 Å². The molecule has 0 saturated carbocycles. The van der Waals surface area contributed by atoms with Gasteiger partial charge >= 0.3 is 18.0 Å². The lowest BCUT2D eigenvalue weighted by molar-refractivity contribution is -0.146. The molecule has 0 aromatic carbocycles. The van der Waals surface area contributed by atoms with Gasteiger partial charge in [0, 0.05) is 0 Å². The molecule has 0 bridgehead atoms. The Morgan fingerprint density at radius 2 is 1.90 bits per heavy atom. The zero-order chi connectivity index (χ0) is 15.3. The van der Waals surface area contributed by atoms with Crippen LogP contribution in [0.3, 0.4) is 0 Å². The predicted molar refractivity (Wildman–Crippen MR) is 60.5 cm³/mol. The number of furan rings is 1. The monoisotopic (exact) mass is 294 g/mol. The molecular formula is C11H13F3N2O4. The minimum atomic E-state index is -4.60. The molecule has 1 atom stereocenters. The van der Waals surface area contributed by atoms with Crippen molar-refractivity contribution in [3.05, 3.63) is 23.7 Å². The molecule has 0 saturated heterocycles. The number of hydrogen-bond donors (Lipinski definition) is 3. The van der Waals surface area contributed by atoms with Gasteiger partial charge in [-0.3, -0.25) is 9.59 Å². The predicted octanol–water partition coefficient (Wildman–Crippen LogP) is 0.416. The summed E-state index contributed by atoms with van der Waals surface area (Å²) in [5, 5.41) is 13.0. The van der Waals surface area contributed by atoms with Gasteiger partial charge in [-0.25, -0.2) is 0 Å². The maximum absolute atomic E-state index is 11.8. The average Bonchev–Trinajstić information content (AvgIpc) is 2.78. The Hall–Kier alpha value is -2.03. The summed E-state index contributed by atoms with van der Waals surface area (Å²) in [7, 11) is 0. The molecule has 0 fully saturated rings. The summed E-state index contributed by atoms with van der Waals surface area (Å²) >= 11 is 0. The first-order valence-corrected chi connectivity index (χ1v) is 5.56. The fourth-order valence-electron chi connectivity index (χ4n) is 1.26. The average molecular weight is 294 g/mol. The van der Waals surface area contributed by atoms with Gasteiger partial charge in [0.15, 0.2) is 0 Å². The number of carbonyl (C=O) groups is 2. The molecule has 0 spiro atoms. The number of aliphatic hydroxyl groups is 1. The van der Waals surface area contributed by atoms with E-state index in [4.69, 9.17) is 4.42 Å². The van der Waals surface area contributed by atoms with Gasteiger partial charge in [0.05, 0.1) is 6.54 Å². The Balaban J connectivity index is 2.37. The number of alkyl halides is 3. The lowest BCUT2D eigenvalue weighted by Gasteiger charge is -2.10. The van der Waals surface area contributed by atoms with Gasteiger partial charge in [0.25, 0.3) is 0 Å². The van der Waals surface area contributed by atoms with Gasteiger partial charge in [-0.2, -0.15) is 13.2 Å². The van der Waals surface area contributed by atoms with Crippen LogP contribution in [0.1, 0.15) is 17.6 Å². The van der Waals surface area contributed by atoms with Gasteiger partial charge in [0.1, 0.15) is 24.2 Å². The van der Waals surface area contributed by atoms with Crippen LogP contribution in [0.25, 0.3) is 0 Å². The Bertz CT molecular complexity index is 484. The molecule has 1 heterocycles. The molecule has 1 aromatic heterocycles. The zero-order valence-electron chi connectivity index (χ0n) is 10.5. The molecule has 2 amide bonds. The standard InChI is InChI=1S/C11H13F3N2O4/c1-6-2-3-8(20-6)7(17)4-15-9(18)10(19)16-5-11(12,13)14/h2-3,7,17H,4-5H2,1H3,(H,15,18)(H,16,19)/t7-/m1/s1. The van der Waals surface area contributed by atoms with E-state index < -0.39 is 30.6 Å². The Morgan fingerprint density at radius 1 is 1.30 bits per heavy atom. The lowest BCUT2D eigenvalue weighted by atomic mass is 10.2. The first-order valence-electron chi connectivity index (χ1n) is 5.56. The minimum absolute atomic E-state index is 0.179. The molecule has 1 aromatic rings. The third kappa shape index (κ3) is 5.31. The summed E-state index contributed by atoms with van der Waals surface area (Å²) < 4.78 is 40.5. The third-order valence-corrected chi connectivity index (χ3v) is 2.20. The van der Waals surface area contributed by atoms with Crippen LogP contribution in [-0.2, 0) is 9.59 Å². The second-order valence-electron chi connectivity index (χ2n) is 3.97. The normalized spacial score (nSPS) is 12.8. The molecule has 0 radical (unpaired) electrons. The van der Waals surface area contributed by atoms with E-state index in [0.717, 1.165) is 0 Å². The van der Waals surface area contributed by atoms with Crippen LogP contribution < -0.4 is 10.6 Å². The van der Waals surface area contributed by atoms with E-state index in [1.807, 2.05) is 5.32 Å². The number of carbonyl (C=O) groups excluding carboxylic acids is 2. The van der Waals surface area contributed by atoms with Crippen LogP contribution in [0, 0.1) is 6.92 Å². The van der Waals surface area contributed by atoms with E-state index in [9.17, 15) is 27.9 Å². The van der Waals surface area contributed by atoms with Crippen LogP contribution in [0.4, 0.5) is 13.2 Å². The fraction of sp³-hybridized carbons (Fsp3) is 0.455. The van der Waals surface area contributed by atoms with Crippen molar-refractivity contribution in [1.29, 1.82) is 0 Å². The van der Waals surface area contributed by atoms with E-state index >= 15 is 0 Å². The van der Waals surface area contributed by atoms with Crippen LogP contribution in [0.2, 0.25) is 0 Å². The first kappa shape index (κ1) is 16.0. The molecule has 3 N–H and O–H groups in total. The number of hydrogen-bond acceptors (Lipinski definition) is 4. The van der Waals surface area contributed by atoms with E-state index in [1.54, 1.807) is 13.0 Å². The summed E-state index contributed by atoms with van der Waals surface area (Å²) in [5.41, 5.74) is 0. The summed E-state index contributed by atoms with van der Waals surface area (Å²) in [6.07, 6.45) is -5.79. The number of rotatable bonds is 4. The summed E-state index contributed by atoms with van der Waals surface area (Å²) in [4.78, 5) is 22.2. The summed E-state index contributed by atoms with van der Waals surface area (Å²) in [6, 6.07) is 3.08. The summed E-state index contributed by atoms with van der Waals surface area (Å²) in [6.45, 7) is -0.302. The van der Waals surface area contributed by atoms with Crippen molar-refractivity contribution in [2.75, 3.05) is 13.1 Å². The van der Waals surface area contributed by atoms with Gasteiger partial charge in [-0.05, 0) is 19.1 Å². The number of aryl methyl sites for hydroxylation is 1. The number of amides is 2. The molecule has 112 valence electrons. The van der Waals surface area contributed by atoms with Crippen molar-refractivity contribution >= 4 is 11.8 Å². The quantitative estimate of drug-likeness (QED) is 0.702. The molecule has 9 heteroatoms. The molecular weight excluding hydrogens is 281 g/mol. The van der Waals surface area contributed by atoms with E-state index in [-0.39, 0.29) is 12.3 Å². The van der Waals surface area contributed by atoms with Crippen molar-refractivity contribution in [2.45, 2.75) is 19.2 Å². The SMILES string of the molecule is Cc1ccc([C@H](O)CNC(=O)C(=O)NCC(F)(F)F)o1. The van der Waals surface area contributed by atoms with E-state index in [1.165, 1.54) is 11.4 Å². The number of halogens is 3. The zero-order valence-corrected chi connectivity index (χ0v) is 10.5. The molecule has 0 aliphatic carbocycles. The van der Waals surface area contributed by atoms with Gasteiger partial charge in [0.2, 0.25) is 0 Å². The Morgan fingerprint density at radius 3 is 2.40 bits per heavy atom. The van der Waals surface area contributed by atoms with Crippen LogP contribution in [-0.4, -0.2) is 36.2 Å². The van der Waals surface area contributed by atoms with Crippen molar-refractivity contribution in [2.24, 2.45) is 0 Å². The molecule has 6 nitrogen and oxygen atoms in total. The fourth-order valence-corrected chi connectivity index (χ4v) is 1.26. The van der Waals surface area contributed by atoms with Crippen molar-refractivity contribution in [3.63, 3.8) is 0 Å². The number of nitrogens with one attached hydrogen (secondary N) is 2. The molecule has 20 heavy (non-hydrogen) atoms. The Kier molecular flexibility index (Phi) is 5.14. The Labute approximate surface area is 111 Å². The van der Waals surface area contributed by atoms with Crippen molar-refractivity contribution in [3.8, 4) is 0 Å². The maximum Gasteiger partial charge on any atom is 0.405 e. The lowest BCUT2D eigenvalue weighted by Crippen LogP contribution is -2.44. The first-order chi connectivity index (χ1) is 9.19. The second kappa shape index (κ2) is 6.42. The van der Waals surface area contributed by atoms with Crippen molar-refractivity contribution < 1.29 is 32.3 Å². The largest absolute Gasteiger partial charge is 0.464 e. The molecule has 0 unspecified atom stereocenters. The third-order valence-electron chi connectivity index (χ3n) is 2.20. The molecule has 0 aliphatic rings. The summed E-state index contributed by atoms with van der Waals surface area (Å²) in [5.74, 6) is -1.96. The van der Waals surface area contributed by atoms with Gasteiger partial charge in [-0.15, -0.1) is 0 Å². The van der Waals surface area contributed by atoms with Gasteiger partial charge < -0.3 is 20.2 Å². The smallest absolute Gasteiger partial charge is 0.405 e. The van der Waals surface area contributed by atoms with E-state index in [0.29, 0.717) is 5.76 Å². The topological polar surface area (TPSA) is 91.6 Å². The highest BCUT2D eigenvalue weighted by Gasteiger charge is 2.29. The van der Waals surface area contributed by atoms with Crippen LogP contribution >= 0.6 is 0 Å². The molecule has 0 aliphatic heterocycles.